The molecule has 6 rings (SSSR count). The fraction of sp³-hybridized carbons (Fsp3) is 0.792. The number of epoxide rings is 1. The maximum atomic E-state index is 13.0. The SMILES string of the molecule is COC(=O)C1CC2=CC(=O)CC[C@]2(C)C23OC2C[C@@]2(C)[C@@H](CC[C@@]24CCC(=O)O4)[C@H]13. The van der Waals surface area contributed by atoms with E-state index >= 15 is 0 Å². The molecule has 6 nitrogen and oxygen atoms in total. The number of hydrogen-bond acceptors (Lipinski definition) is 6. The van der Waals surface area contributed by atoms with Crippen molar-refractivity contribution in [3.05, 3.63) is 11.6 Å². The van der Waals surface area contributed by atoms with Crippen molar-refractivity contribution in [3.8, 4) is 0 Å². The summed E-state index contributed by atoms with van der Waals surface area (Å²) in [6.07, 6.45) is 7.61. The van der Waals surface area contributed by atoms with Crippen LogP contribution in [0.1, 0.15) is 65.2 Å². The van der Waals surface area contributed by atoms with Crippen molar-refractivity contribution in [1.29, 1.82) is 0 Å². The summed E-state index contributed by atoms with van der Waals surface area (Å²) < 4.78 is 17.9. The highest BCUT2D eigenvalue weighted by molar-refractivity contribution is 5.92. The predicted octanol–water partition coefficient (Wildman–Crippen LogP) is 3.12. The van der Waals surface area contributed by atoms with Crippen LogP contribution < -0.4 is 0 Å². The lowest BCUT2D eigenvalue weighted by atomic mass is 9.43. The summed E-state index contributed by atoms with van der Waals surface area (Å²) in [4.78, 5) is 37.4. The fourth-order valence-corrected chi connectivity index (χ4v) is 8.69. The van der Waals surface area contributed by atoms with Gasteiger partial charge < -0.3 is 14.2 Å². The molecule has 6 heteroatoms. The predicted molar refractivity (Wildman–Crippen MR) is 105 cm³/mol. The summed E-state index contributed by atoms with van der Waals surface area (Å²) in [7, 11) is 1.45. The number of ketones is 1. The molecule has 6 aliphatic rings. The summed E-state index contributed by atoms with van der Waals surface area (Å²) in [6.45, 7) is 4.51. The van der Waals surface area contributed by atoms with E-state index in [-0.39, 0.29) is 52.4 Å². The zero-order chi connectivity index (χ0) is 21.1. The summed E-state index contributed by atoms with van der Waals surface area (Å²) in [5.74, 6) is -0.201. The summed E-state index contributed by atoms with van der Waals surface area (Å²) >= 11 is 0. The third-order valence-electron chi connectivity index (χ3n) is 10.2. The molecular weight excluding hydrogens is 384 g/mol. The number of ether oxygens (including phenoxy) is 3. The standard InChI is InChI=1S/C24H30O6/c1-21-7-4-14(25)10-13(21)11-15(20(27)28-3)19-16-5-8-23(9-6-18(26)30-23)22(16,2)12-17-24(19,21)29-17/h10,15-17,19H,4-9,11-12H2,1-3H3/t15?,16-,17?,19-,21-,22-,23+,24?/m0/s1. The summed E-state index contributed by atoms with van der Waals surface area (Å²) in [5, 5.41) is 0. The number of methoxy groups -OCH3 is 1. The number of carbonyl (C=O) groups excluding carboxylic acids is 3. The lowest BCUT2D eigenvalue weighted by Crippen LogP contribution is -2.63. The Morgan fingerprint density at radius 1 is 1.17 bits per heavy atom. The Balaban J connectivity index is 1.49. The van der Waals surface area contributed by atoms with E-state index in [1.807, 2.05) is 0 Å². The van der Waals surface area contributed by atoms with Gasteiger partial charge >= 0.3 is 11.9 Å². The van der Waals surface area contributed by atoms with Gasteiger partial charge in [-0.15, -0.1) is 0 Å². The number of esters is 2. The van der Waals surface area contributed by atoms with Crippen LogP contribution in [0.25, 0.3) is 0 Å². The first-order valence-corrected chi connectivity index (χ1v) is 11.4. The highest BCUT2D eigenvalue weighted by atomic mass is 16.6. The third kappa shape index (κ3) is 1.94. The number of rotatable bonds is 1. The van der Waals surface area contributed by atoms with Crippen molar-refractivity contribution in [2.24, 2.45) is 28.6 Å². The van der Waals surface area contributed by atoms with Gasteiger partial charge in [0.15, 0.2) is 5.78 Å². The monoisotopic (exact) mass is 414 g/mol. The van der Waals surface area contributed by atoms with Gasteiger partial charge in [-0.3, -0.25) is 14.4 Å². The van der Waals surface area contributed by atoms with Crippen LogP contribution in [0.2, 0.25) is 0 Å². The molecule has 2 heterocycles. The topological polar surface area (TPSA) is 82.2 Å². The first kappa shape index (κ1) is 19.0. The number of fused-ring (bicyclic) bond motifs is 4. The van der Waals surface area contributed by atoms with Gasteiger partial charge in [-0.25, -0.2) is 0 Å². The molecule has 0 N–H and O–H groups in total. The molecule has 0 aromatic heterocycles. The Kier molecular flexibility index (Phi) is 3.53. The molecule has 0 aromatic rings. The second kappa shape index (κ2) is 5.56. The van der Waals surface area contributed by atoms with Crippen molar-refractivity contribution in [1.82, 2.24) is 0 Å². The quantitative estimate of drug-likeness (QED) is 0.484. The maximum Gasteiger partial charge on any atom is 0.309 e. The molecule has 2 aliphatic heterocycles. The van der Waals surface area contributed by atoms with Gasteiger partial charge in [0.05, 0.1) is 19.1 Å². The summed E-state index contributed by atoms with van der Waals surface area (Å²) in [6, 6.07) is 0. The Bertz CT molecular complexity index is 907. The van der Waals surface area contributed by atoms with Crippen LogP contribution in [0.5, 0.6) is 0 Å². The molecule has 5 fully saturated rings. The van der Waals surface area contributed by atoms with Crippen LogP contribution >= 0.6 is 0 Å². The minimum absolute atomic E-state index is 0.0303. The lowest BCUT2D eigenvalue weighted by molar-refractivity contribution is -0.172. The van der Waals surface area contributed by atoms with Crippen molar-refractivity contribution >= 4 is 17.7 Å². The molecular formula is C24H30O6. The van der Waals surface area contributed by atoms with Gasteiger partial charge in [0.1, 0.15) is 11.2 Å². The van der Waals surface area contributed by atoms with Crippen molar-refractivity contribution in [2.45, 2.75) is 82.5 Å². The third-order valence-corrected chi connectivity index (χ3v) is 10.2. The largest absolute Gasteiger partial charge is 0.469 e. The van der Waals surface area contributed by atoms with Crippen LogP contribution in [0.15, 0.2) is 11.6 Å². The lowest BCUT2D eigenvalue weighted by Gasteiger charge is -2.58. The molecule has 4 aliphatic carbocycles. The zero-order valence-electron chi connectivity index (χ0n) is 18.0. The van der Waals surface area contributed by atoms with Crippen LogP contribution in [-0.2, 0) is 28.6 Å². The molecule has 2 saturated heterocycles. The van der Waals surface area contributed by atoms with Gasteiger partial charge in [0, 0.05) is 29.6 Å². The van der Waals surface area contributed by atoms with Crippen molar-refractivity contribution in [2.75, 3.05) is 7.11 Å². The minimum Gasteiger partial charge on any atom is -0.469 e. The molecule has 0 amide bonds. The van der Waals surface area contributed by atoms with E-state index in [1.54, 1.807) is 6.08 Å². The molecule has 3 saturated carbocycles. The normalized spacial score (nSPS) is 53.2. The average Bonchev–Trinajstić information content (AvgIpc) is 3.20. The molecule has 162 valence electrons. The minimum atomic E-state index is -0.424. The second-order valence-electron chi connectivity index (χ2n) is 11.0. The van der Waals surface area contributed by atoms with E-state index in [0.717, 1.165) is 37.7 Å². The zero-order valence-corrected chi connectivity index (χ0v) is 18.0. The fourth-order valence-electron chi connectivity index (χ4n) is 8.69. The first-order chi connectivity index (χ1) is 14.2. The van der Waals surface area contributed by atoms with Crippen LogP contribution in [0.3, 0.4) is 0 Å². The van der Waals surface area contributed by atoms with Crippen molar-refractivity contribution < 1.29 is 28.6 Å². The average molecular weight is 414 g/mol. The van der Waals surface area contributed by atoms with Gasteiger partial charge in [-0.2, -0.15) is 0 Å². The van der Waals surface area contributed by atoms with Gasteiger partial charge in [-0.05, 0) is 50.5 Å². The van der Waals surface area contributed by atoms with E-state index in [1.165, 1.54) is 7.11 Å². The molecule has 30 heavy (non-hydrogen) atoms. The van der Waals surface area contributed by atoms with Crippen LogP contribution in [0.4, 0.5) is 0 Å². The van der Waals surface area contributed by atoms with Crippen LogP contribution in [-0.4, -0.2) is 42.1 Å². The smallest absolute Gasteiger partial charge is 0.309 e. The van der Waals surface area contributed by atoms with E-state index in [9.17, 15) is 14.4 Å². The van der Waals surface area contributed by atoms with Gasteiger partial charge in [0.2, 0.25) is 0 Å². The molecule has 8 atom stereocenters. The van der Waals surface area contributed by atoms with Crippen molar-refractivity contribution in [3.63, 3.8) is 0 Å². The first-order valence-electron chi connectivity index (χ1n) is 11.4. The molecule has 0 radical (unpaired) electrons. The maximum absolute atomic E-state index is 13.0. The highest BCUT2D eigenvalue weighted by Gasteiger charge is 2.83. The second-order valence-corrected chi connectivity index (χ2v) is 11.0. The van der Waals surface area contributed by atoms with Gasteiger partial charge in [0.25, 0.3) is 0 Å². The molecule has 0 bridgehead atoms. The Morgan fingerprint density at radius 2 is 1.97 bits per heavy atom. The van der Waals surface area contributed by atoms with E-state index < -0.39 is 11.2 Å². The van der Waals surface area contributed by atoms with E-state index in [4.69, 9.17) is 14.2 Å². The Morgan fingerprint density at radius 3 is 2.67 bits per heavy atom. The highest BCUT2D eigenvalue weighted by Crippen LogP contribution is 2.78. The molecule has 3 unspecified atom stereocenters. The van der Waals surface area contributed by atoms with E-state index in [0.29, 0.717) is 19.3 Å². The molecule has 2 spiro atoms. The molecule has 0 aromatic carbocycles. The van der Waals surface area contributed by atoms with Crippen LogP contribution in [0, 0.1) is 28.6 Å². The number of carbonyl (C=O) groups is 3. The van der Waals surface area contributed by atoms with Gasteiger partial charge in [-0.1, -0.05) is 19.4 Å². The number of hydrogen-bond donors (Lipinski definition) is 0. The Labute approximate surface area is 176 Å². The van der Waals surface area contributed by atoms with E-state index in [2.05, 4.69) is 13.8 Å². The summed E-state index contributed by atoms with van der Waals surface area (Å²) in [5.41, 5.74) is -0.175. The Hall–Kier alpha value is -1.69.